The van der Waals surface area contributed by atoms with Crippen molar-refractivity contribution in [3.8, 4) is 17.6 Å². The summed E-state index contributed by atoms with van der Waals surface area (Å²) in [6.07, 6.45) is 8.12. The predicted octanol–water partition coefficient (Wildman–Crippen LogP) is 4.01. The van der Waals surface area contributed by atoms with Gasteiger partial charge < -0.3 is 4.74 Å². The number of aromatic nitrogens is 2. The van der Waals surface area contributed by atoms with Gasteiger partial charge in [-0.2, -0.15) is 0 Å². The molecule has 114 valence electrons. The molecule has 2 aromatic rings. The van der Waals surface area contributed by atoms with Gasteiger partial charge in [0.05, 0.1) is 6.61 Å². The Labute approximate surface area is 132 Å². The molecular weight excluding hydrogens is 272 g/mol. The summed E-state index contributed by atoms with van der Waals surface area (Å²) < 4.78 is 5.55. The lowest BCUT2D eigenvalue weighted by atomic mass is 10.1. The van der Waals surface area contributed by atoms with Crippen molar-refractivity contribution in [3.05, 3.63) is 53.6 Å². The molecule has 0 aliphatic heterocycles. The molecule has 0 N–H and O–H groups in total. The molecule has 0 amide bonds. The second-order valence-corrected chi connectivity index (χ2v) is 5.14. The van der Waals surface area contributed by atoms with Crippen molar-refractivity contribution in [1.29, 1.82) is 0 Å². The molecule has 3 heteroatoms. The Kier molecular flexibility index (Phi) is 6.44. The zero-order chi connectivity index (χ0) is 15.6. The van der Waals surface area contributed by atoms with Gasteiger partial charge in [0.25, 0.3) is 0 Å². The van der Waals surface area contributed by atoms with Crippen LogP contribution in [0, 0.1) is 11.8 Å². The van der Waals surface area contributed by atoms with E-state index in [1.165, 1.54) is 18.4 Å². The van der Waals surface area contributed by atoms with E-state index in [0.717, 1.165) is 30.8 Å². The molecule has 0 fully saturated rings. The minimum Gasteiger partial charge on any atom is -0.494 e. The molecule has 0 saturated carbocycles. The molecule has 0 aliphatic carbocycles. The van der Waals surface area contributed by atoms with E-state index in [4.69, 9.17) is 4.74 Å². The number of rotatable bonds is 6. The van der Waals surface area contributed by atoms with Crippen LogP contribution in [0.25, 0.3) is 0 Å². The molecule has 0 atom stereocenters. The van der Waals surface area contributed by atoms with E-state index in [0.29, 0.717) is 5.82 Å². The topological polar surface area (TPSA) is 35.0 Å². The average Bonchev–Trinajstić information content (AvgIpc) is 2.58. The maximum atomic E-state index is 5.55. The van der Waals surface area contributed by atoms with Gasteiger partial charge in [-0.05, 0) is 55.0 Å². The highest BCUT2D eigenvalue weighted by Gasteiger charge is 1.96. The summed E-state index contributed by atoms with van der Waals surface area (Å²) in [7, 11) is 0. The quantitative estimate of drug-likeness (QED) is 0.755. The van der Waals surface area contributed by atoms with E-state index in [1.807, 2.05) is 36.7 Å². The van der Waals surface area contributed by atoms with Gasteiger partial charge in [-0.1, -0.05) is 26.2 Å². The first-order valence-corrected chi connectivity index (χ1v) is 7.87. The van der Waals surface area contributed by atoms with Crippen LogP contribution in [0.1, 0.15) is 50.1 Å². The molecule has 1 aromatic heterocycles. The largest absolute Gasteiger partial charge is 0.494 e. The number of unbranched alkanes of at least 4 members (excludes halogenated alkanes) is 1. The summed E-state index contributed by atoms with van der Waals surface area (Å²) in [5.41, 5.74) is 2.10. The summed E-state index contributed by atoms with van der Waals surface area (Å²) in [5.74, 6) is 7.51. The van der Waals surface area contributed by atoms with Gasteiger partial charge >= 0.3 is 0 Å². The van der Waals surface area contributed by atoms with Crippen LogP contribution in [-0.2, 0) is 6.42 Å². The fourth-order valence-electron chi connectivity index (χ4n) is 1.91. The molecule has 0 bridgehead atoms. The molecule has 1 heterocycles. The Balaban J connectivity index is 1.97. The van der Waals surface area contributed by atoms with Crippen LogP contribution in [-0.4, -0.2) is 16.6 Å². The Bertz CT molecular complexity index is 566. The van der Waals surface area contributed by atoms with Gasteiger partial charge in [0.2, 0.25) is 5.82 Å². The smallest absolute Gasteiger partial charge is 0.205 e. The van der Waals surface area contributed by atoms with E-state index in [9.17, 15) is 0 Å². The molecule has 2 rings (SSSR count). The first-order chi connectivity index (χ1) is 10.8. The van der Waals surface area contributed by atoms with Crippen LogP contribution in [0.5, 0.6) is 5.75 Å². The summed E-state index contributed by atoms with van der Waals surface area (Å²) >= 11 is 0. The lowest BCUT2D eigenvalue weighted by Gasteiger charge is -2.03. The van der Waals surface area contributed by atoms with Gasteiger partial charge in [0.1, 0.15) is 5.75 Å². The lowest BCUT2D eigenvalue weighted by Crippen LogP contribution is -1.94. The Hall–Kier alpha value is -2.34. The zero-order valence-electron chi connectivity index (χ0n) is 13.3. The average molecular weight is 294 g/mol. The number of hydrogen-bond acceptors (Lipinski definition) is 3. The van der Waals surface area contributed by atoms with Gasteiger partial charge in [-0.15, -0.1) is 0 Å². The fourth-order valence-corrected chi connectivity index (χ4v) is 1.91. The first kappa shape index (κ1) is 16.0. The highest BCUT2D eigenvalue weighted by molar-refractivity contribution is 5.40. The third-order valence-electron chi connectivity index (χ3n) is 3.17. The molecule has 1 aromatic carbocycles. The standard InChI is InChI=1S/C19H22N2O/c1-3-5-6-17-14-20-19(21-15-17)12-9-16-7-10-18(11-8-16)22-13-4-2/h7-8,10-11,14-15H,3-6,13H2,1-2H3. The summed E-state index contributed by atoms with van der Waals surface area (Å²) in [5, 5.41) is 0. The highest BCUT2D eigenvalue weighted by Crippen LogP contribution is 2.11. The van der Waals surface area contributed by atoms with Crippen LogP contribution < -0.4 is 4.74 Å². The fraction of sp³-hybridized carbons (Fsp3) is 0.368. The van der Waals surface area contributed by atoms with Crippen molar-refractivity contribution in [1.82, 2.24) is 9.97 Å². The number of benzene rings is 1. The summed E-state index contributed by atoms with van der Waals surface area (Å²) in [6.45, 7) is 5.01. The van der Waals surface area contributed by atoms with Crippen LogP contribution in [0.15, 0.2) is 36.7 Å². The SMILES string of the molecule is CCCCc1cnc(C#Cc2ccc(OCCC)cc2)nc1. The van der Waals surface area contributed by atoms with Crippen LogP contribution in [0.4, 0.5) is 0 Å². The summed E-state index contributed by atoms with van der Waals surface area (Å²) in [4.78, 5) is 8.59. The Morgan fingerprint density at radius 2 is 1.68 bits per heavy atom. The van der Waals surface area contributed by atoms with E-state index < -0.39 is 0 Å². The minimum atomic E-state index is 0.562. The second kappa shape index (κ2) is 8.84. The van der Waals surface area contributed by atoms with E-state index in [2.05, 4.69) is 35.7 Å². The van der Waals surface area contributed by atoms with Crippen molar-refractivity contribution >= 4 is 0 Å². The summed E-state index contributed by atoms with van der Waals surface area (Å²) in [6, 6.07) is 7.78. The molecule has 0 unspecified atom stereocenters. The monoisotopic (exact) mass is 294 g/mol. The second-order valence-electron chi connectivity index (χ2n) is 5.14. The third kappa shape index (κ3) is 5.21. The minimum absolute atomic E-state index is 0.562. The van der Waals surface area contributed by atoms with Crippen LogP contribution >= 0.6 is 0 Å². The van der Waals surface area contributed by atoms with E-state index >= 15 is 0 Å². The molecule has 0 aliphatic rings. The van der Waals surface area contributed by atoms with Gasteiger partial charge in [0.15, 0.2) is 0 Å². The number of nitrogens with zero attached hydrogens (tertiary/aromatic N) is 2. The zero-order valence-corrected chi connectivity index (χ0v) is 13.3. The Morgan fingerprint density at radius 1 is 0.955 bits per heavy atom. The number of hydrogen-bond donors (Lipinski definition) is 0. The van der Waals surface area contributed by atoms with Crippen molar-refractivity contribution < 1.29 is 4.74 Å². The van der Waals surface area contributed by atoms with Gasteiger partial charge in [0, 0.05) is 18.0 Å². The van der Waals surface area contributed by atoms with Gasteiger partial charge in [-0.3, -0.25) is 0 Å². The molecule has 22 heavy (non-hydrogen) atoms. The highest BCUT2D eigenvalue weighted by atomic mass is 16.5. The molecule has 0 spiro atoms. The normalized spacial score (nSPS) is 9.91. The number of aryl methyl sites for hydroxylation is 1. The third-order valence-corrected chi connectivity index (χ3v) is 3.17. The van der Waals surface area contributed by atoms with Crippen molar-refractivity contribution in [3.63, 3.8) is 0 Å². The van der Waals surface area contributed by atoms with E-state index in [1.54, 1.807) is 0 Å². The van der Waals surface area contributed by atoms with Crippen molar-refractivity contribution in [2.45, 2.75) is 39.5 Å². The van der Waals surface area contributed by atoms with Crippen LogP contribution in [0.3, 0.4) is 0 Å². The Morgan fingerprint density at radius 3 is 2.32 bits per heavy atom. The van der Waals surface area contributed by atoms with Crippen molar-refractivity contribution in [2.24, 2.45) is 0 Å². The maximum absolute atomic E-state index is 5.55. The maximum Gasteiger partial charge on any atom is 0.205 e. The lowest BCUT2D eigenvalue weighted by molar-refractivity contribution is 0.317. The van der Waals surface area contributed by atoms with Crippen molar-refractivity contribution in [2.75, 3.05) is 6.61 Å². The first-order valence-electron chi connectivity index (χ1n) is 7.87. The van der Waals surface area contributed by atoms with Crippen LogP contribution in [0.2, 0.25) is 0 Å². The molecule has 3 nitrogen and oxygen atoms in total. The number of ether oxygens (including phenoxy) is 1. The molecule has 0 saturated heterocycles. The van der Waals surface area contributed by atoms with E-state index in [-0.39, 0.29) is 0 Å². The molecular formula is C19H22N2O. The molecule has 0 radical (unpaired) electrons. The predicted molar refractivity (Wildman–Crippen MR) is 88.9 cm³/mol. The van der Waals surface area contributed by atoms with Gasteiger partial charge in [-0.25, -0.2) is 9.97 Å².